The molecule has 1 aromatic heterocycles. The van der Waals surface area contributed by atoms with Crippen LogP contribution < -0.4 is 21.1 Å². The highest BCUT2D eigenvalue weighted by Crippen LogP contribution is 2.38. The molecule has 2 aliphatic rings. The summed E-state index contributed by atoms with van der Waals surface area (Å²) in [5.41, 5.74) is 12.2. The van der Waals surface area contributed by atoms with E-state index in [0.29, 0.717) is 5.84 Å². The fourth-order valence-electron chi connectivity index (χ4n) is 4.20. The summed E-state index contributed by atoms with van der Waals surface area (Å²) in [4.78, 5) is 10.5. The number of nitrogens with one attached hydrogen (secondary N) is 3. The van der Waals surface area contributed by atoms with Crippen molar-refractivity contribution in [2.75, 3.05) is 31.3 Å². The molecular formula is C23H26N6O. The number of nitrogens with zero attached hydrogens (tertiary/aromatic N) is 2. The van der Waals surface area contributed by atoms with Crippen molar-refractivity contribution in [2.45, 2.75) is 18.8 Å². The highest BCUT2D eigenvalue weighted by Gasteiger charge is 2.37. The van der Waals surface area contributed by atoms with Crippen molar-refractivity contribution in [1.82, 2.24) is 9.88 Å². The Bertz CT molecular complexity index is 1110. The second kappa shape index (κ2) is 7.19. The molecular weight excluding hydrogens is 376 g/mol. The number of para-hydroxylation sites is 1. The number of H-pyrrole nitrogens is 1. The van der Waals surface area contributed by atoms with Crippen LogP contribution in [0.1, 0.15) is 22.3 Å². The van der Waals surface area contributed by atoms with Crippen LogP contribution in [0.4, 0.5) is 11.5 Å². The number of anilines is 2. The number of fused-ring (bicyclic) bond motifs is 2. The summed E-state index contributed by atoms with van der Waals surface area (Å²) in [6, 6.07) is 16.2. The monoisotopic (exact) mass is 402 g/mol. The average molecular weight is 403 g/mol. The van der Waals surface area contributed by atoms with Gasteiger partial charge < -0.3 is 25.3 Å². The zero-order valence-electron chi connectivity index (χ0n) is 17.2. The van der Waals surface area contributed by atoms with Crippen LogP contribution in [0.25, 0.3) is 0 Å². The Morgan fingerprint density at radius 2 is 2.00 bits per heavy atom. The second-order valence-electron chi connectivity index (χ2n) is 7.92. The molecule has 3 aromatic rings. The van der Waals surface area contributed by atoms with Gasteiger partial charge in [0.2, 0.25) is 5.79 Å². The summed E-state index contributed by atoms with van der Waals surface area (Å²) in [5, 5.41) is 6.80. The maximum absolute atomic E-state index is 6.89. The Labute approximate surface area is 176 Å². The molecule has 7 heteroatoms. The van der Waals surface area contributed by atoms with Crippen LogP contribution in [-0.2, 0) is 18.8 Å². The smallest absolute Gasteiger partial charge is 0.216 e. The van der Waals surface area contributed by atoms with Gasteiger partial charge in [0.15, 0.2) is 0 Å². The number of rotatable bonds is 3. The van der Waals surface area contributed by atoms with Crippen LogP contribution in [0.3, 0.4) is 0 Å². The minimum absolute atomic E-state index is 0.704. The van der Waals surface area contributed by atoms with Crippen LogP contribution in [-0.4, -0.2) is 36.4 Å². The predicted molar refractivity (Wildman–Crippen MR) is 120 cm³/mol. The maximum Gasteiger partial charge on any atom is 0.216 e. The molecule has 5 rings (SSSR count). The topological polar surface area (TPSA) is 90.7 Å². The molecule has 0 spiro atoms. The van der Waals surface area contributed by atoms with Crippen molar-refractivity contribution in [3.05, 3.63) is 77.0 Å². The zero-order valence-corrected chi connectivity index (χ0v) is 17.2. The van der Waals surface area contributed by atoms with Gasteiger partial charge in [-0.3, -0.25) is 5.73 Å². The van der Waals surface area contributed by atoms with E-state index in [1.165, 1.54) is 11.1 Å². The zero-order chi connectivity index (χ0) is 20.7. The molecule has 0 bridgehead atoms. The van der Waals surface area contributed by atoms with Crippen LogP contribution in [0.5, 0.6) is 5.75 Å². The van der Waals surface area contributed by atoms with Crippen molar-refractivity contribution in [1.29, 1.82) is 0 Å². The third kappa shape index (κ3) is 3.22. The van der Waals surface area contributed by atoms with Gasteiger partial charge in [-0.15, -0.1) is 0 Å². The largest absolute Gasteiger partial charge is 0.496 e. The predicted octanol–water partition coefficient (Wildman–Crippen LogP) is 3.06. The van der Waals surface area contributed by atoms with Gasteiger partial charge in [0.25, 0.3) is 0 Å². The first-order valence-corrected chi connectivity index (χ1v) is 10.1. The number of aliphatic imine (C=N–C) groups is 1. The number of ether oxygens (including phenoxy) is 1. The van der Waals surface area contributed by atoms with E-state index in [1.807, 2.05) is 42.6 Å². The lowest BCUT2D eigenvalue weighted by Gasteiger charge is -2.35. The number of hydrogen-bond donors (Lipinski definition) is 4. The molecule has 0 aliphatic carbocycles. The number of aromatic nitrogens is 1. The Morgan fingerprint density at radius 3 is 2.80 bits per heavy atom. The summed E-state index contributed by atoms with van der Waals surface area (Å²) < 4.78 is 5.75. The summed E-state index contributed by atoms with van der Waals surface area (Å²) in [6.07, 6.45) is 2.88. The van der Waals surface area contributed by atoms with Crippen molar-refractivity contribution < 1.29 is 4.74 Å². The summed E-state index contributed by atoms with van der Waals surface area (Å²) in [7, 11) is 3.81. The van der Waals surface area contributed by atoms with Crippen LogP contribution in [0.15, 0.2) is 59.7 Å². The lowest BCUT2D eigenvalue weighted by molar-refractivity contribution is 0.310. The number of methoxy groups -OCH3 is 1. The minimum Gasteiger partial charge on any atom is -0.496 e. The molecule has 2 aromatic carbocycles. The van der Waals surface area contributed by atoms with Crippen LogP contribution >= 0.6 is 0 Å². The lowest BCUT2D eigenvalue weighted by Crippen LogP contribution is -2.47. The van der Waals surface area contributed by atoms with E-state index in [1.54, 1.807) is 7.11 Å². The second-order valence-corrected chi connectivity index (χ2v) is 7.92. The fraction of sp³-hybridized carbons (Fsp3) is 0.261. The molecule has 0 radical (unpaired) electrons. The molecule has 0 fully saturated rings. The molecule has 2 aliphatic heterocycles. The highest BCUT2D eigenvalue weighted by molar-refractivity contribution is 6.12. The molecule has 30 heavy (non-hydrogen) atoms. The van der Waals surface area contributed by atoms with Crippen molar-refractivity contribution >= 4 is 17.3 Å². The van der Waals surface area contributed by atoms with Gasteiger partial charge in [-0.05, 0) is 54.9 Å². The first kappa shape index (κ1) is 18.7. The highest BCUT2D eigenvalue weighted by atomic mass is 16.5. The average Bonchev–Trinajstić information content (AvgIpc) is 3.22. The maximum atomic E-state index is 6.89. The van der Waals surface area contributed by atoms with Gasteiger partial charge in [0, 0.05) is 25.0 Å². The normalized spacial score (nSPS) is 20.6. The van der Waals surface area contributed by atoms with Gasteiger partial charge in [0.1, 0.15) is 17.4 Å². The lowest BCUT2D eigenvalue weighted by atomic mass is 9.93. The van der Waals surface area contributed by atoms with E-state index in [0.717, 1.165) is 47.9 Å². The van der Waals surface area contributed by atoms with E-state index in [-0.39, 0.29) is 0 Å². The number of aromatic amines is 1. The van der Waals surface area contributed by atoms with Crippen LogP contribution in [0.2, 0.25) is 0 Å². The molecule has 0 amide bonds. The number of nitrogens with two attached hydrogens (primary N) is 1. The quantitative estimate of drug-likeness (QED) is 0.541. The van der Waals surface area contributed by atoms with Gasteiger partial charge in [-0.1, -0.05) is 18.2 Å². The van der Waals surface area contributed by atoms with Gasteiger partial charge in [0.05, 0.1) is 18.2 Å². The van der Waals surface area contributed by atoms with E-state index >= 15 is 0 Å². The third-order valence-corrected chi connectivity index (χ3v) is 5.78. The minimum atomic E-state index is -1.18. The van der Waals surface area contributed by atoms with E-state index in [2.05, 4.69) is 39.7 Å². The standard InChI is InChI=1S/C23H26N6O/c1-29-11-9-15-13-20(30-2)19(12-16(15)14-29)23(24)27-21-18(8-10-25-21)22(28-23)26-17-6-4-3-5-7-17/h3-8,10,12-13,25,27H,9,11,14,24H2,1-2H3,(H,26,28). The van der Waals surface area contributed by atoms with Crippen LogP contribution in [0, 0.1) is 0 Å². The molecule has 3 heterocycles. The van der Waals surface area contributed by atoms with Gasteiger partial charge >= 0.3 is 0 Å². The van der Waals surface area contributed by atoms with Gasteiger partial charge in [-0.25, -0.2) is 4.99 Å². The first-order chi connectivity index (χ1) is 14.6. The summed E-state index contributed by atoms with van der Waals surface area (Å²) >= 11 is 0. The van der Waals surface area contributed by atoms with E-state index in [9.17, 15) is 0 Å². The fourth-order valence-corrected chi connectivity index (χ4v) is 4.20. The SMILES string of the molecule is COc1cc2c(cc1C1(N)N=C(Nc3ccccc3)c3cc[nH]c3N1)CN(C)CC2. The molecule has 7 nitrogen and oxygen atoms in total. The third-order valence-electron chi connectivity index (χ3n) is 5.78. The van der Waals surface area contributed by atoms with Crippen molar-refractivity contribution in [3.8, 4) is 5.75 Å². The summed E-state index contributed by atoms with van der Waals surface area (Å²) in [5.74, 6) is 1.09. The van der Waals surface area contributed by atoms with Gasteiger partial charge in [-0.2, -0.15) is 0 Å². The van der Waals surface area contributed by atoms with E-state index in [4.69, 9.17) is 15.5 Å². The Balaban J connectivity index is 1.61. The molecule has 1 unspecified atom stereocenters. The number of amidine groups is 1. The van der Waals surface area contributed by atoms with Crippen molar-refractivity contribution in [3.63, 3.8) is 0 Å². The summed E-state index contributed by atoms with van der Waals surface area (Å²) in [6.45, 7) is 1.92. The molecule has 1 atom stereocenters. The Hall–Kier alpha value is -3.29. The molecule has 0 saturated heterocycles. The van der Waals surface area contributed by atoms with E-state index < -0.39 is 5.79 Å². The Morgan fingerprint density at radius 1 is 1.17 bits per heavy atom. The Kier molecular flexibility index (Phi) is 4.49. The molecule has 5 N–H and O–H groups in total. The number of likely N-dealkylation sites (N-methyl/N-ethyl adjacent to an activating group) is 1. The molecule has 0 saturated carbocycles. The molecule has 154 valence electrons. The number of benzene rings is 2. The van der Waals surface area contributed by atoms with Crippen molar-refractivity contribution in [2.24, 2.45) is 10.7 Å². The first-order valence-electron chi connectivity index (χ1n) is 10.1. The number of hydrogen-bond acceptors (Lipinski definition) is 6.